The maximum absolute atomic E-state index is 15.9. The van der Waals surface area contributed by atoms with Gasteiger partial charge in [0.1, 0.15) is 29.3 Å². The number of hydrogen-bond donors (Lipinski definition) is 0. The number of nitrogens with zero attached hydrogens (tertiary/aromatic N) is 7. The van der Waals surface area contributed by atoms with E-state index in [1.165, 1.54) is 17.0 Å². The Balaban J connectivity index is 1.74. The van der Waals surface area contributed by atoms with Crippen molar-refractivity contribution in [1.29, 1.82) is 0 Å². The molecule has 0 bridgehead atoms. The average molecular weight is 602 g/mol. The van der Waals surface area contributed by atoms with Crippen molar-refractivity contribution >= 4 is 22.9 Å². The fraction of sp³-hybridized carbons (Fsp3) is 0.455. The molecule has 11 heteroatoms. The summed E-state index contributed by atoms with van der Waals surface area (Å²) in [6, 6.07) is 10.2. The Labute approximate surface area is 256 Å². The second kappa shape index (κ2) is 11.9. The van der Waals surface area contributed by atoms with Gasteiger partial charge in [-0.2, -0.15) is 4.98 Å². The van der Waals surface area contributed by atoms with Crippen molar-refractivity contribution in [3.8, 4) is 16.9 Å². The number of amides is 1. The highest BCUT2D eigenvalue weighted by Crippen LogP contribution is 2.34. The van der Waals surface area contributed by atoms with Crippen molar-refractivity contribution in [2.75, 3.05) is 24.5 Å². The number of piperazine rings is 1. The lowest BCUT2D eigenvalue weighted by Crippen LogP contribution is -2.55. The minimum Gasteiger partial charge on any atom is -0.444 e. The summed E-state index contributed by atoms with van der Waals surface area (Å²) in [4.78, 5) is 49.1. The first-order valence-corrected chi connectivity index (χ1v) is 15.0. The van der Waals surface area contributed by atoms with Crippen molar-refractivity contribution in [1.82, 2.24) is 29.4 Å². The van der Waals surface area contributed by atoms with Gasteiger partial charge >= 0.3 is 11.8 Å². The predicted octanol–water partition coefficient (Wildman–Crippen LogP) is 6.07. The topological polar surface area (TPSA) is 106 Å². The van der Waals surface area contributed by atoms with Crippen LogP contribution in [0.3, 0.4) is 0 Å². The summed E-state index contributed by atoms with van der Waals surface area (Å²) in [5.41, 5.74) is 1.66. The molecule has 0 unspecified atom stereocenters. The second-order valence-corrected chi connectivity index (χ2v) is 12.9. The van der Waals surface area contributed by atoms with Crippen LogP contribution in [0.1, 0.15) is 78.6 Å². The van der Waals surface area contributed by atoms with E-state index < -0.39 is 23.2 Å². The van der Waals surface area contributed by atoms with Crippen molar-refractivity contribution < 1.29 is 13.9 Å². The molecular weight excluding hydrogens is 561 g/mol. The Bertz CT molecular complexity index is 1720. The number of halogens is 1. The van der Waals surface area contributed by atoms with E-state index in [1.54, 1.807) is 17.0 Å². The summed E-state index contributed by atoms with van der Waals surface area (Å²) in [7, 11) is 0. The number of benzene rings is 1. The molecule has 1 amide bonds. The summed E-state index contributed by atoms with van der Waals surface area (Å²) >= 11 is 0. The van der Waals surface area contributed by atoms with E-state index in [2.05, 4.69) is 15.0 Å². The molecule has 3 aromatic heterocycles. The van der Waals surface area contributed by atoms with E-state index in [0.717, 1.165) is 0 Å². The lowest BCUT2D eigenvalue weighted by molar-refractivity contribution is 0.0218. The first-order valence-electron chi connectivity index (χ1n) is 15.0. The number of aromatic nitrogens is 5. The normalized spacial score (nSPS) is 15.8. The smallest absolute Gasteiger partial charge is 0.410 e. The number of ether oxygens (including phenoxy) is 1. The van der Waals surface area contributed by atoms with Crippen molar-refractivity contribution in [2.45, 2.75) is 78.9 Å². The van der Waals surface area contributed by atoms with E-state index in [9.17, 15) is 9.59 Å². The highest BCUT2D eigenvalue weighted by atomic mass is 19.1. The van der Waals surface area contributed by atoms with Gasteiger partial charge in [0.05, 0.1) is 22.5 Å². The van der Waals surface area contributed by atoms with E-state index >= 15 is 4.39 Å². The molecule has 0 N–H and O–H groups in total. The minimum atomic E-state index is -0.621. The molecule has 4 heterocycles. The van der Waals surface area contributed by atoms with Crippen molar-refractivity contribution in [3.63, 3.8) is 0 Å². The second-order valence-electron chi connectivity index (χ2n) is 12.9. The third-order valence-corrected chi connectivity index (χ3v) is 7.60. The summed E-state index contributed by atoms with van der Waals surface area (Å²) < 4.78 is 23.0. The Morgan fingerprint density at radius 2 is 1.64 bits per heavy atom. The predicted molar refractivity (Wildman–Crippen MR) is 169 cm³/mol. The van der Waals surface area contributed by atoms with Gasteiger partial charge in [-0.25, -0.2) is 33.5 Å². The van der Waals surface area contributed by atoms with Crippen LogP contribution >= 0.6 is 0 Å². The van der Waals surface area contributed by atoms with E-state index in [0.29, 0.717) is 53.5 Å². The van der Waals surface area contributed by atoms with E-state index in [4.69, 9.17) is 9.72 Å². The van der Waals surface area contributed by atoms with Gasteiger partial charge in [0.15, 0.2) is 5.65 Å². The van der Waals surface area contributed by atoms with Crippen LogP contribution in [0, 0.1) is 5.82 Å². The number of hydrogen-bond acceptors (Lipinski definition) is 8. The number of pyridine rings is 1. The molecule has 0 spiro atoms. The largest absolute Gasteiger partial charge is 0.444 e. The average Bonchev–Trinajstić information content (AvgIpc) is 2.96. The van der Waals surface area contributed by atoms with Gasteiger partial charge in [0.25, 0.3) is 0 Å². The number of anilines is 1. The number of fused-ring (bicyclic) bond motifs is 1. The molecule has 0 saturated carbocycles. The molecule has 1 aromatic carbocycles. The van der Waals surface area contributed by atoms with Gasteiger partial charge in [-0.05, 0) is 45.6 Å². The first-order chi connectivity index (χ1) is 20.8. The van der Waals surface area contributed by atoms with Gasteiger partial charge < -0.3 is 14.5 Å². The zero-order chi connectivity index (χ0) is 31.9. The zero-order valence-electron chi connectivity index (χ0n) is 26.6. The van der Waals surface area contributed by atoms with Crippen molar-refractivity contribution in [3.05, 3.63) is 70.4 Å². The number of carbonyl (C=O) groups is 1. The Hall–Kier alpha value is -4.41. The lowest BCUT2D eigenvalue weighted by Gasteiger charge is -2.41. The molecule has 1 saturated heterocycles. The Kier molecular flexibility index (Phi) is 8.42. The third-order valence-electron chi connectivity index (χ3n) is 7.60. The maximum Gasteiger partial charge on any atom is 0.410 e. The zero-order valence-corrected chi connectivity index (χ0v) is 26.6. The fourth-order valence-corrected chi connectivity index (χ4v) is 5.57. The van der Waals surface area contributed by atoms with Gasteiger partial charge in [-0.15, -0.1) is 0 Å². The molecule has 1 fully saturated rings. The number of carbonyl (C=O) groups excluding carboxylic acids is 1. The molecular formula is C33H40FN7O3. The van der Waals surface area contributed by atoms with Crippen LogP contribution in [0.2, 0.25) is 0 Å². The summed E-state index contributed by atoms with van der Waals surface area (Å²) in [6.07, 6.45) is 1.11. The third kappa shape index (κ3) is 6.00. The summed E-state index contributed by atoms with van der Waals surface area (Å²) in [6.45, 7) is 16.5. The maximum atomic E-state index is 15.9. The standard InChI is InChI=1S/C33H40FN7O3/c1-19(2)25-28(26(20(3)4)36-18-35-25)41-30-23(16-24(34)27(37-30)22-12-10-9-11-13-22)29(38-31(41)42)40-15-14-39(17-21(40)5)32(43)44-33(6,7)8/h9-13,16,18-21H,14-15,17H2,1-8H3/t21-/m0/s1. The molecule has 232 valence electrons. The highest BCUT2D eigenvalue weighted by molar-refractivity contribution is 5.90. The fourth-order valence-electron chi connectivity index (χ4n) is 5.57. The molecule has 1 atom stereocenters. The van der Waals surface area contributed by atoms with Crippen LogP contribution in [-0.4, -0.2) is 66.8 Å². The molecule has 0 radical (unpaired) electrons. The lowest BCUT2D eigenvalue weighted by atomic mass is 10.0. The van der Waals surface area contributed by atoms with Gasteiger partial charge in [-0.3, -0.25) is 0 Å². The van der Waals surface area contributed by atoms with E-state index in [-0.39, 0.29) is 29.2 Å². The van der Waals surface area contributed by atoms with Crippen LogP contribution < -0.4 is 10.6 Å². The SMILES string of the molecule is CC(C)c1ncnc(C(C)C)c1-n1c(=O)nc(N2CCN(C(=O)OC(C)(C)C)C[C@@H]2C)c2cc(F)c(-c3ccccc3)nc21. The number of rotatable bonds is 5. The molecule has 0 aliphatic carbocycles. The van der Waals surface area contributed by atoms with Crippen LogP contribution in [0.25, 0.3) is 28.0 Å². The van der Waals surface area contributed by atoms with Crippen LogP contribution in [0.15, 0.2) is 47.5 Å². The Morgan fingerprint density at radius 3 is 2.20 bits per heavy atom. The van der Waals surface area contributed by atoms with Gasteiger partial charge in [0, 0.05) is 31.2 Å². The summed E-state index contributed by atoms with van der Waals surface area (Å²) in [5, 5.41) is 0.382. The molecule has 1 aliphatic heterocycles. The van der Waals surface area contributed by atoms with E-state index in [1.807, 2.05) is 78.5 Å². The molecule has 5 rings (SSSR count). The van der Waals surface area contributed by atoms with Crippen LogP contribution in [-0.2, 0) is 4.74 Å². The monoisotopic (exact) mass is 601 g/mol. The van der Waals surface area contributed by atoms with Crippen LogP contribution in [0.5, 0.6) is 0 Å². The van der Waals surface area contributed by atoms with Crippen LogP contribution in [0.4, 0.5) is 15.0 Å². The molecule has 44 heavy (non-hydrogen) atoms. The van der Waals surface area contributed by atoms with Gasteiger partial charge in [-0.1, -0.05) is 58.0 Å². The van der Waals surface area contributed by atoms with Gasteiger partial charge in [0.2, 0.25) is 0 Å². The quantitative estimate of drug-likeness (QED) is 0.271. The highest BCUT2D eigenvalue weighted by Gasteiger charge is 2.33. The summed E-state index contributed by atoms with van der Waals surface area (Å²) in [5.74, 6) is -0.295. The minimum absolute atomic E-state index is 0.0397. The molecule has 1 aliphatic rings. The first kappa shape index (κ1) is 31.0. The molecule has 4 aromatic rings. The van der Waals surface area contributed by atoms with Crippen molar-refractivity contribution in [2.24, 2.45) is 0 Å². The molecule has 10 nitrogen and oxygen atoms in total. The Morgan fingerprint density at radius 1 is 1.00 bits per heavy atom.